The van der Waals surface area contributed by atoms with Crippen molar-refractivity contribution in [2.45, 2.75) is 26.3 Å². The van der Waals surface area contributed by atoms with Crippen molar-refractivity contribution in [3.8, 4) is 28.2 Å². The van der Waals surface area contributed by atoms with Crippen molar-refractivity contribution < 1.29 is 43.3 Å². The summed E-state index contributed by atoms with van der Waals surface area (Å²) in [5.41, 5.74) is 0.143. The highest BCUT2D eigenvalue weighted by Crippen LogP contribution is 2.43. The van der Waals surface area contributed by atoms with Gasteiger partial charge in [-0.15, -0.1) is 6.58 Å². The average molecular weight is 640 g/mol. The van der Waals surface area contributed by atoms with Crippen LogP contribution in [0.15, 0.2) is 88.1 Å². The molecule has 0 spiro atoms. The third-order valence-corrected chi connectivity index (χ3v) is 7.82. The van der Waals surface area contributed by atoms with Crippen LogP contribution in [0.5, 0.6) is 5.75 Å². The van der Waals surface area contributed by atoms with E-state index in [1.807, 2.05) is 0 Å². The summed E-state index contributed by atoms with van der Waals surface area (Å²) in [4.78, 5) is 73.6. The number of carbonyl (C=O) groups excluding carboxylic acids is 4. The number of imide groups is 2. The Morgan fingerprint density at radius 1 is 1.00 bits per heavy atom. The molecule has 0 unspecified atom stereocenters. The first-order chi connectivity index (χ1) is 22.4. The number of aromatic hydroxyl groups is 1. The molecule has 0 radical (unpaired) electrons. The van der Waals surface area contributed by atoms with Crippen LogP contribution in [0.25, 0.3) is 33.4 Å². The number of phenolic OH excluding ortho intramolecular Hbond substituents is 1. The summed E-state index contributed by atoms with van der Waals surface area (Å²) in [6.45, 7) is 4.73. The van der Waals surface area contributed by atoms with Crippen LogP contribution in [0.1, 0.15) is 35.7 Å². The molecule has 0 bridgehead atoms. The first kappa shape index (κ1) is 32.2. The van der Waals surface area contributed by atoms with Crippen LogP contribution in [0, 0.1) is 5.41 Å². The second kappa shape index (κ2) is 13.0. The van der Waals surface area contributed by atoms with Crippen LogP contribution in [-0.4, -0.2) is 46.7 Å². The third kappa shape index (κ3) is 6.31. The Balaban J connectivity index is 1.39. The lowest BCUT2D eigenvalue weighted by Gasteiger charge is -2.32. The van der Waals surface area contributed by atoms with E-state index in [1.54, 1.807) is 43.3 Å². The molecular formula is C34H29N3O10. The lowest BCUT2D eigenvalue weighted by atomic mass is 9.77. The number of allylic oxidation sites excluding steroid dienone is 2. The van der Waals surface area contributed by atoms with Crippen LogP contribution >= 0.6 is 0 Å². The maximum absolute atomic E-state index is 12.7. The van der Waals surface area contributed by atoms with Gasteiger partial charge in [0.25, 0.3) is 0 Å². The molecule has 1 fully saturated rings. The maximum Gasteiger partial charge on any atom is 0.407 e. The van der Waals surface area contributed by atoms with Gasteiger partial charge in [0.1, 0.15) is 29.1 Å². The Labute approximate surface area is 266 Å². The van der Waals surface area contributed by atoms with Gasteiger partial charge >= 0.3 is 18.1 Å². The monoisotopic (exact) mass is 639 g/mol. The van der Waals surface area contributed by atoms with E-state index >= 15 is 0 Å². The Kier molecular flexibility index (Phi) is 8.90. The van der Waals surface area contributed by atoms with Crippen LogP contribution in [0.2, 0.25) is 0 Å². The van der Waals surface area contributed by atoms with Gasteiger partial charge in [-0.2, -0.15) is 0 Å². The SMILES string of the molecule is C=CCC1(C/C=C(\C)COC(=O)NCc2c(O)ccc3c(-c4ccccc4C(=O)O)c4ccc(=O)cc-4oc23)C(=O)NC(=O)NC1=O. The molecule has 5 rings (SSSR count). The number of hydrogen-bond acceptors (Lipinski definition) is 9. The molecule has 1 saturated heterocycles. The number of rotatable bonds is 10. The summed E-state index contributed by atoms with van der Waals surface area (Å²) in [6.07, 6.45) is 1.96. The molecule has 2 aromatic rings. The molecule has 13 nitrogen and oxygen atoms in total. The van der Waals surface area contributed by atoms with E-state index < -0.39 is 35.3 Å². The molecular weight excluding hydrogens is 610 g/mol. The number of barbiturate groups is 1. The molecule has 5 N–H and O–H groups in total. The van der Waals surface area contributed by atoms with Crippen LogP contribution in [0.4, 0.5) is 9.59 Å². The first-order valence-electron chi connectivity index (χ1n) is 14.3. The van der Waals surface area contributed by atoms with Gasteiger partial charge in [0.15, 0.2) is 5.43 Å². The molecule has 47 heavy (non-hydrogen) atoms. The maximum atomic E-state index is 12.7. The minimum Gasteiger partial charge on any atom is -0.507 e. The number of nitrogens with one attached hydrogen (secondary N) is 3. The molecule has 0 saturated carbocycles. The van der Waals surface area contributed by atoms with Crippen LogP contribution in [-0.2, 0) is 20.9 Å². The Morgan fingerprint density at radius 3 is 2.43 bits per heavy atom. The van der Waals surface area contributed by atoms with Gasteiger partial charge in [-0.25, -0.2) is 14.4 Å². The summed E-state index contributed by atoms with van der Waals surface area (Å²) in [7, 11) is 0. The molecule has 0 aromatic heterocycles. The van der Waals surface area contributed by atoms with Gasteiger partial charge in [-0.05, 0) is 61.2 Å². The zero-order valence-corrected chi connectivity index (χ0v) is 25.0. The average Bonchev–Trinajstić information content (AvgIpc) is 3.03. The van der Waals surface area contributed by atoms with E-state index in [2.05, 4.69) is 22.5 Å². The predicted molar refractivity (Wildman–Crippen MR) is 169 cm³/mol. The van der Waals surface area contributed by atoms with E-state index in [0.717, 1.165) is 0 Å². The fourth-order valence-electron chi connectivity index (χ4n) is 5.41. The second-order valence-corrected chi connectivity index (χ2v) is 10.9. The van der Waals surface area contributed by atoms with Crippen LogP contribution in [0.3, 0.4) is 0 Å². The van der Waals surface area contributed by atoms with Crippen molar-refractivity contribution in [1.29, 1.82) is 0 Å². The molecule has 2 heterocycles. The topological polar surface area (TPSA) is 201 Å². The Morgan fingerprint density at radius 2 is 1.72 bits per heavy atom. The number of ether oxygens (including phenoxy) is 1. The quantitative estimate of drug-likeness (QED) is 0.0937. The molecule has 2 aliphatic heterocycles. The van der Waals surface area contributed by atoms with Crippen molar-refractivity contribution in [3.05, 3.63) is 100 Å². The zero-order chi connectivity index (χ0) is 33.9. The largest absolute Gasteiger partial charge is 0.507 e. The first-order valence-corrected chi connectivity index (χ1v) is 14.3. The Bertz CT molecular complexity index is 2010. The van der Waals surface area contributed by atoms with Crippen molar-refractivity contribution in [1.82, 2.24) is 16.0 Å². The van der Waals surface area contributed by atoms with Gasteiger partial charge in [-0.3, -0.25) is 25.0 Å². The van der Waals surface area contributed by atoms with Crippen molar-refractivity contribution in [2.75, 3.05) is 6.61 Å². The van der Waals surface area contributed by atoms with E-state index in [4.69, 9.17) is 9.15 Å². The molecule has 0 atom stereocenters. The number of fused-ring (bicyclic) bond motifs is 2. The van der Waals surface area contributed by atoms with Crippen LogP contribution < -0.4 is 21.4 Å². The fourth-order valence-corrected chi connectivity index (χ4v) is 5.41. The van der Waals surface area contributed by atoms with Gasteiger partial charge in [0.05, 0.1) is 17.7 Å². The highest BCUT2D eigenvalue weighted by molar-refractivity contribution is 6.19. The predicted octanol–water partition coefficient (Wildman–Crippen LogP) is 4.46. The van der Waals surface area contributed by atoms with Gasteiger partial charge in [-0.1, -0.05) is 30.4 Å². The highest BCUT2D eigenvalue weighted by atomic mass is 16.5. The van der Waals surface area contributed by atoms with Gasteiger partial charge in [0.2, 0.25) is 11.8 Å². The van der Waals surface area contributed by atoms with E-state index in [9.17, 15) is 39.0 Å². The normalized spacial score (nSPS) is 14.4. The van der Waals surface area contributed by atoms with E-state index in [-0.39, 0.29) is 59.6 Å². The summed E-state index contributed by atoms with van der Waals surface area (Å²) < 4.78 is 11.4. The van der Waals surface area contributed by atoms with Crippen molar-refractivity contribution in [3.63, 3.8) is 0 Å². The summed E-state index contributed by atoms with van der Waals surface area (Å²) in [5.74, 6) is -2.77. The van der Waals surface area contributed by atoms with Gasteiger partial charge < -0.3 is 24.7 Å². The number of amides is 5. The summed E-state index contributed by atoms with van der Waals surface area (Å²) in [5, 5.41) is 27.8. The van der Waals surface area contributed by atoms with Crippen molar-refractivity contribution >= 4 is 40.9 Å². The number of carboxylic acids is 1. The number of phenols is 1. The smallest absolute Gasteiger partial charge is 0.407 e. The fraction of sp³-hybridized carbons (Fsp3) is 0.176. The molecule has 13 heteroatoms. The molecule has 3 aliphatic rings. The number of urea groups is 1. The number of carbonyl (C=O) groups is 5. The summed E-state index contributed by atoms with van der Waals surface area (Å²) >= 11 is 0. The number of carboxylic acid groups (broad SMARTS) is 1. The van der Waals surface area contributed by atoms with Crippen molar-refractivity contribution in [2.24, 2.45) is 5.41 Å². The third-order valence-electron chi connectivity index (χ3n) is 7.82. The number of benzene rings is 3. The summed E-state index contributed by atoms with van der Waals surface area (Å²) in [6, 6.07) is 12.5. The van der Waals surface area contributed by atoms with E-state index in [0.29, 0.717) is 27.6 Å². The van der Waals surface area contributed by atoms with Gasteiger partial charge in [0, 0.05) is 22.6 Å². The number of alkyl carbamates (subject to hydrolysis) is 1. The lowest BCUT2D eigenvalue weighted by molar-refractivity contribution is -0.144. The molecule has 1 aliphatic carbocycles. The lowest BCUT2D eigenvalue weighted by Crippen LogP contribution is -2.62. The Hall–Kier alpha value is -6.24. The molecule has 2 aromatic carbocycles. The second-order valence-electron chi connectivity index (χ2n) is 10.9. The number of hydrogen-bond donors (Lipinski definition) is 5. The minimum atomic E-state index is -1.59. The van der Waals surface area contributed by atoms with E-state index in [1.165, 1.54) is 30.3 Å². The highest BCUT2D eigenvalue weighted by Gasteiger charge is 2.48. The minimum absolute atomic E-state index is 0.0147. The molecule has 240 valence electrons. The standard InChI is InChI=1S/C34H29N3O10/c1-3-13-34(30(42)36-32(44)37-31(34)43)14-12-18(2)17-46-33(45)35-16-24-25(39)11-10-23-27(20-6-4-5-7-21(20)29(40)41)22-9-8-19(38)15-26(22)47-28(23)24/h3-12,15,39H,1,13-14,16-17H2,2H3,(H,35,45)(H,40,41)(H2,36,37,42,43,44)/b18-12+. The molecule has 5 amide bonds. The number of aromatic carboxylic acids is 1. The zero-order valence-electron chi connectivity index (χ0n) is 25.0.